The number of carbonyl (C=O) groups is 1. The van der Waals surface area contributed by atoms with E-state index in [4.69, 9.17) is 19.0 Å². The van der Waals surface area contributed by atoms with Crippen LogP contribution in [0, 0.1) is 0 Å². The first-order valence-corrected chi connectivity index (χ1v) is 10.1. The molecule has 10 nitrogen and oxygen atoms in total. The number of aromatic nitrogens is 4. The number of hydrogen-bond donors (Lipinski definition) is 0. The van der Waals surface area contributed by atoms with Crippen LogP contribution in [0.1, 0.15) is 36.2 Å². The second-order valence-corrected chi connectivity index (χ2v) is 7.44. The number of piperidine rings is 1. The van der Waals surface area contributed by atoms with Crippen LogP contribution in [0.25, 0.3) is 11.3 Å². The molecule has 0 saturated carbocycles. The van der Waals surface area contributed by atoms with Crippen molar-refractivity contribution in [3.63, 3.8) is 0 Å². The zero-order valence-electron chi connectivity index (χ0n) is 16.2. The van der Waals surface area contributed by atoms with Crippen LogP contribution < -0.4 is 9.80 Å². The van der Waals surface area contributed by atoms with E-state index in [0.717, 1.165) is 50.5 Å². The number of carbonyl (C=O) groups excluding carboxylic acids is 1. The molecule has 0 aliphatic carbocycles. The van der Waals surface area contributed by atoms with Crippen LogP contribution in [0.2, 0.25) is 0 Å². The van der Waals surface area contributed by atoms with Crippen molar-refractivity contribution >= 4 is 28.8 Å². The van der Waals surface area contributed by atoms with Crippen LogP contribution in [0.3, 0.4) is 0 Å². The molecule has 2 fully saturated rings. The molecule has 3 aromatic heterocycles. The smallest absolute Gasteiger partial charge is 0.289 e. The van der Waals surface area contributed by atoms with Crippen LogP contribution in [0.5, 0.6) is 0 Å². The number of anilines is 2. The highest BCUT2D eigenvalue weighted by atomic mass is 16.6. The third kappa shape index (κ3) is 3.50. The fraction of sp³-hybridized carbons (Fsp3) is 0.526. The predicted molar refractivity (Wildman–Crippen MR) is 105 cm³/mol. The lowest BCUT2D eigenvalue weighted by Crippen LogP contribution is -2.37. The van der Waals surface area contributed by atoms with Gasteiger partial charge in [0.2, 0.25) is 11.3 Å². The van der Waals surface area contributed by atoms with Gasteiger partial charge in [0.15, 0.2) is 17.4 Å². The van der Waals surface area contributed by atoms with Gasteiger partial charge >= 0.3 is 0 Å². The van der Waals surface area contributed by atoms with Gasteiger partial charge in [-0.25, -0.2) is 14.6 Å². The molecule has 0 bridgehead atoms. The van der Waals surface area contributed by atoms with Gasteiger partial charge in [0.25, 0.3) is 5.91 Å². The minimum atomic E-state index is -0.0738. The van der Waals surface area contributed by atoms with Crippen molar-refractivity contribution in [2.45, 2.75) is 25.7 Å². The van der Waals surface area contributed by atoms with Crippen molar-refractivity contribution in [3.05, 3.63) is 24.2 Å². The minimum Gasteiger partial charge on any atom is -0.459 e. The second kappa shape index (κ2) is 7.69. The van der Waals surface area contributed by atoms with E-state index >= 15 is 0 Å². The Balaban J connectivity index is 1.41. The molecule has 2 aliphatic heterocycles. The number of nitrogens with zero attached hydrogens (tertiary/aromatic N) is 7. The second-order valence-electron chi connectivity index (χ2n) is 7.44. The molecular weight excluding hydrogens is 374 g/mol. The Labute approximate surface area is 167 Å². The molecule has 2 aliphatic rings. The molecule has 5 heterocycles. The van der Waals surface area contributed by atoms with E-state index in [-0.39, 0.29) is 5.91 Å². The van der Waals surface area contributed by atoms with Crippen LogP contribution in [0.15, 0.2) is 27.4 Å². The summed E-state index contributed by atoms with van der Waals surface area (Å²) in [5, 5.41) is 7.75. The quantitative estimate of drug-likeness (QED) is 0.655. The normalized spacial score (nSPS) is 18.3. The van der Waals surface area contributed by atoms with Crippen molar-refractivity contribution in [1.29, 1.82) is 0 Å². The molecular formula is C19H23N7O3. The SMILES string of the molecule is O=C(c1ccco1)N1CCCN(c2nc3nonc3nc2N2CCCCC2)CC1. The van der Waals surface area contributed by atoms with E-state index in [1.807, 2.05) is 4.90 Å². The molecule has 0 aromatic carbocycles. The third-order valence-electron chi connectivity index (χ3n) is 5.55. The standard InChI is InChI=1S/C19H23N7O3/c27-19(14-6-4-13-28-14)26-10-5-9-25(11-12-26)18-17(24-7-2-1-3-8-24)20-15-16(21-18)23-29-22-15/h4,6,13H,1-3,5,7-12H2. The molecule has 0 unspecified atom stereocenters. The largest absolute Gasteiger partial charge is 0.459 e. The molecule has 3 aromatic rings. The van der Waals surface area contributed by atoms with Crippen molar-refractivity contribution < 1.29 is 13.8 Å². The van der Waals surface area contributed by atoms with Gasteiger partial charge in [0.05, 0.1) is 6.26 Å². The highest BCUT2D eigenvalue weighted by Gasteiger charge is 2.27. The van der Waals surface area contributed by atoms with Gasteiger partial charge in [-0.2, -0.15) is 0 Å². The van der Waals surface area contributed by atoms with Gasteiger partial charge in [-0.05, 0) is 48.1 Å². The Hall–Kier alpha value is -3.17. The molecule has 0 spiro atoms. The minimum absolute atomic E-state index is 0.0738. The first-order valence-electron chi connectivity index (χ1n) is 10.1. The van der Waals surface area contributed by atoms with Crippen LogP contribution in [-0.2, 0) is 0 Å². The average molecular weight is 397 g/mol. The lowest BCUT2D eigenvalue weighted by Gasteiger charge is -2.31. The van der Waals surface area contributed by atoms with Crippen LogP contribution in [-0.4, -0.2) is 70.4 Å². The molecule has 10 heteroatoms. The summed E-state index contributed by atoms with van der Waals surface area (Å²) in [6.07, 6.45) is 5.88. The zero-order chi connectivity index (χ0) is 19.6. The van der Waals surface area contributed by atoms with E-state index in [9.17, 15) is 4.79 Å². The number of amides is 1. The first-order chi connectivity index (χ1) is 14.3. The maximum Gasteiger partial charge on any atom is 0.289 e. The van der Waals surface area contributed by atoms with Crippen LogP contribution >= 0.6 is 0 Å². The molecule has 0 atom stereocenters. The number of furan rings is 1. The number of fused-ring (bicyclic) bond motifs is 1. The Morgan fingerprint density at radius 2 is 1.52 bits per heavy atom. The lowest BCUT2D eigenvalue weighted by molar-refractivity contribution is 0.0735. The third-order valence-corrected chi connectivity index (χ3v) is 5.55. The fourth-order valence-electron chi connectivity index (χ4n) is 4.04. The fourth-order valence-corrected chi connectivity index (χ4v) is 4.04. The maximum absolute atomic E-state index is 12.7. The summed E-state index contributed by atoms with van der Waals surface area (Å²) in [5.41, 5.74) is 0.840. The Morgan fingerprint density at radius 3 is 2.21 bits per heavy atom. The summed E-state index contributed by atoms with van der Waals surface area (Å²) in [4.78, 5) is 28.4. The van der Waals surface area contributed by atoms with Crippen molar-refractivity contribution in [1.82, 2.24) is 25.2 Å². The van der Waals surface area contributed by atoms with Gasteiger partial charge in [-0.1, -0.05) is 0 Å². The van der Waals surface area contributed by atoms with E-state index < -0.39 is 0 Å². The molecule has 1 amide bonds. The summed E-state index contributed by atoms with van der Waals surface area (Å²) in [6, 6.07) is 3.44. The number of hydrogen-bond acceptors (Lipinski definition) is 9. The van der Waals surface area contributed by atoms with Gasteiger partial charge in [-0.3, -0.25) is 4.79 Å². The summed E-state index contributed by atoms with van der Waals surface area (Å²) >= 11 is 0. The van der Waals surface area contributed by atoms with Crippen molar-refractivity contribution in [2.75, 3.05) is 49.1 Å². The molecule has 2 saturated heterocycles. The predicted octanol–water partition coefficient (Wildman–Crippen LogP) is 1.95. The van der Waals surface area contributed by atoms with E-state index in [0.29, 0.717) is 36.7 Å². The lowest BCUT2D eigenvalue weighted by atomic mass is 10.1. The number of rotatable bonds is 3. The van der Waals surface area contributed by atoms with Crippen molar-refractivity contribution in [3.8, 4) is 0 Å². The first kappa shape index (κ1) is 17.9. The molecule has 0 N–H and O–H groups in total. The zero-order valence-corrected chi connectivity index (χ0v) is 16.2. The van der Waals surface area contributed by atoms with Gasteiger partial charge < -0.3 is 19.1 Å². The highest BCUT2D eigenvalue weighted by molar-refractivity contribution is 5.91. The molecule has 29 heavy (non-hydrogen) atoms. The van der Waals surface area contributed by atoms with Gasteiger partial charge in [0.1, 0.15) is 0 Å². The summed E-state index contributed by atoms with van der Waals surface area (Å²) < 4.78 is 10.1. The van der Waals surface area contributed by atoms with Crippen LogP contribution in [0.4, 0.5) is 11.6 Å². The summed E-state index contributed by atoms with van der Waals surface area (Å²) in [5.74, 6) is 1.93. The van der Waals surface area contributed by atoms with E-state index in [1.165, 1.54) is 12.7 Å². The monoisotopic (exact) mass is 397 g/mol. The topological polar surface area (TPSA) is 105 Å². The van der Waals surface area contributed by atoms with Gasteiger partial charge in [-0.15, -0.1) is 0 Å². The van der Waals surface area contributed by atoms with E-state index in [2.05, 4.69) is 20.1 Å². The molecule has 152 valence electrons. The molecule has 0 radical (unpaired) electrons. The highest BCUT2D eigenvalue weighted by Crippen LogP contribution is 2.30. The molecule has 5 rings (SSSR count). The summed E-state index contributed by atoms with van der Waals surface area (Å²) in [6.45, 7) is 4.63. The van der Waals surface area contributed by atoms with Gasteiger partial charge in [0, 0.05) is 39.3 Å². The van der Waals surface area contributed by atoms with E-state index in [1.54, 1.807) is 12.1 Å². The van der Waals surface area contributed by atoms with Crippen molar-refractivity contribution in [2.24, 2.45) is 0 Å². The summed E-state index contributed by atoms with van der Waals surface area (Å²) in [7, 11) is 0. The average Bonchev–Trinajstić information content (AvgIpc) is 3.40. The Bertz CT molecular complexity index is 981. The maximum atomic E-state index is 12.7. The Morgan fingerprint density at radius 1 is 0.828 bits per heavy atom. The Kier molecular flexibility index (Phi) is 4.74.